The van der Waals surface area contributed by atoms with Crippen LogP contribution in [0, 0.1) is 0 Å². The molecule has 0 unspecified atom stereocenters. The summed E-state index contributed by atoms with van der Waals surface area (Å²) in [7, 11) is 0. The molecule has 0 aliphatic heterocycles. The second-order valence-corrected chi connectivity index (χ2v) is 14.4. The van der Waals surface area contributed by atoms with Crippen LogP contribution in [0.2, 0.25) is 0 Å². The molecule has 0 aromatic carbocycles. The first kappa shape index (κ1) is 49.4. The number of amides is 8. The van der Waals surface area contributed by atoms with Crippen LogP contribution in [-0.4, -0.2) is 149 Å². The predicted molar refractivity (Wildman–Crippen MR) is 238 cm³/mol. The number of carbonyl (C=O) groups is 8. The minimum Gasteiger partial charge on any atom is -0.354 e. The molecule has 0 bridgehead atoms. The summed E-state index contributed by atoms with van der Waals surface area (Å²) < 4.78 is 0. The quantitative estimate of drug-likeness (QED) is 0.0302. The van der Waals surface area contributed by atoms with E-state index < -0.39 is 0 Å². The van der Waals surface area contributed by atoms with E-state index >= 15 is 0 Å². The number of nitrogens with one attached hydrogen (secondary N) is 8. The lowest BCUT2D eigenvalue weighted by Gasteiger charge is -2.27. The zero-order valence-electron chi connectivity index (χ0n) is 35.8. The molecule has 8 amide bonds. The Balaban J connectivity index is 1.27. The van der Waals surface area contributed by atoms with Gasteiger partial charge in [0.1, 0.15) is 0 Å². The summed E-state index contributed by atoms with van der Waals surface area (Å²) in [5.74, 6) is -2.17. The molecule has 0 spiro atoms. The van der Waals surface area contributed by atoms with Crippen molar-refractivity contribution >= 4 is 47.3 Å². The molecule has 0 fully saturated rings. The highest BCUT2D eigenvalue weighted by molar-refractivity contribution is 5.98. The minimum absolute atomic E-state index is 0.0998. The van der Waals surface area contributed by atoms with Gasteiger partial charge >= 0.3 is 0 Å². The van der Waals surface area contributed by atoms with Gasteiger partial charge in [0.15, 0.2) is 0 Å². The maximum atomic E-state index is 12.9. The van der Waals surface area contributed by atoms with Crippen molar-refractivity contribution in [3.8, 4) is 0 Å². The molecule has 0 saturated heterocycles. The molecule has 0 atom stereocenters. The van der Waals surface area contributed by atoms with Crippen molar-refractivity contribution in [2.75, 3.05) is 91.6 Å². The van der Waals surface area contributed by atoms with E-state index in [0.717, 1.165) is 0 Å². The molecule has 338 valence electrons. The Morgan fingerprint density at radius 3 is 0.750 bits per heavy atom. The number of hydrogen-bond donors (Lipinski definition) is 8. The van der Waals surface area contributed by atoms with Crippen molar-refractivity contribution in [2.45, 2.75) is 25.7 Å². The SMILES string of the molecule is O=C(CCN(CCC(=O)NCCNC(=O)C1=C=CC=C1)CCN(CCC(=O)NCCNC(=O)C1=C=CC=C1)CCC(=O)NCCNC(=O)C1=C=CC=C1)NCCNC(=O)C1=C=CC=C1. The van der Waals surface area contributed by atoms with Gasteiger partial charge in [-0.05, 0) is 48.6 Å². The highest BCUT2D eigenvalue weighted by atomic mass is 16.2. The summed E-state index contributed by atoms with van der Waals surface area (Å²) in [6, 6.07) is 0. The second kappa shape index (κ2) is 28.3. The molecular formula is C46H56N10O8. The lowest BCUT2D eigenvalue weighted by molar-refractivity contribution is -0.123. The third-order valence-electron chi connectivity index (χ3n) is 9.65. The maximum Gasteiger partial charge on any atom is 0.259 e. The zero-order valence-corrected chi connectivity index (χ0v) is 35.8. The second-order valence-electron chi connectivity index (χ2n) is 14.4. The third kappa shape index (κ3) is 19.6. The van der Waals surface area contributed by atoms with Gasteiger partial charge in [-0.2, -0.15) is 0 Å². The van der Waals surface area contributed by atoms with E-state index in [4.69, 9.17) is 0 Å². The number of nitrogens with zero attached hydrogens (tertiary/aromatic N) is 2. The van der Waals surface area contributed by atoms with Gasteiger partial charge in [-0.15, -0.1) is 22.9 Å². The lowest BCUT2D eigenvalue weighted by atomic mass is 10.2. The Labute approximate surface area is 372 Å². The Kier molecular flexibility index (Phi) is 21.9. The fourth-order valence-electron chi connectivity index (χ4n) is 6.12. The molecule has 0 saturated carbocycles. The van der Waals surface area contributed by atoms with Crippen LogP contribution in [0.1, 0.15) is 25.7 Å². The van der Waals surface area contributed by atoms with Crippen molar-refractivity contribution in [3.63, 3.8) is 0 Å². The van der Waals surface area contributed by atoms with E-state index in [1.165, 1.54) is 0 Å². The maximum absolute atomic E-state index is 12.9. The molecule has 0 aromatic rings. The first-order valence-electron chi connectivity index (χ1n) is 21.2. The van der Waals surface area contributed by atoms with Gasteiger partial charge in [0, 0.05) is 117 Å². The molecule has 0 radical (unpaired) electrons. The molecule has 4 aliphatic carbocycles. The van der Waals surface area contributed by atoms with Gasteiger partial charge in [-0.25, -0.2) is 0 Å². The first-order valence-corrected chi connectivity index (χ1v) is 21.2. The molecule has 0 aromatic heterocycles. The third-order valence-corrected chi connectivity index (χ3v) is 9.65. The monoisotopic (exact) mass is 876 g/mol. The average molecular weight is 877 g/mol. The van der Waals surface area contributed by atoms with Crippen molar-refractivity contribution in [2.24, 2.45) is 0 Å². The average Bonchev–Trinajstić information content (AvgIpc) is 4.15. The molecule has 4 rings (SSSR count). The van der Waals surface area contributed by atoms with E-state index in [1.807, 2.05) is 9.80 Å². The lowest BCUT2D eigenvalue weighted by Crippen LogP contribution is -2.42. The Morgan fingerprint density at radius 1 is 0.328 bits per heavy atom. The number of carbonyl (C=O) groups excluding carboxylic acids is 8. The summed E-state index contributed by atoms with van der Waals surface area (Å²) in [4.78, 5) is 104. The highest BCUT2D eigenvalue weighted by Crippen LogP contribution is 2.05. The van der Waals surface area contributed by atoms with E-state index in [0.29, 0.717) is 35.4 Å². The van der Waals surface area contributed by atoms with Crippen LogP contribution in [0.15, 0.2) is 118 Å². The van der Waals surface area contributed by atoms with Crippen molar-refractivity contribution < 1.29 is 38.4 Å². The minimum atomic E-state index is -0.292. The van der Waals surface area contributed by atoms with Crippen LogP contribution >= 0.6 is 0 Å². The van der Waals surface area contributed by atoms with Crippen LogP contribution < -0.4 is 42.5 Å². The number of rotatable bonds is 31. The van der Waals surface area contributed by atoms with Crippen LogP contribution in [0.4, 0.5) is 0 Å². The summed E-state index contributed by atoms with van der Waals surface area (Å²) in [5, 5.41) is 22.1. The van der Waals surface area contributed by atoms with Crippen molar-refractivity contribution in [1.29, 1.82) is 0 Å². The largest absolute Gasteiger partial charge is 0.354 e. The summed E-state index contributed by atoms with van der Waals surface area (Å²) in [5.41, 5.74) is 12.9. The van der Waals surface area contributed by atoms with Crippen LogP contribution in [0.25, 0.3) is 0 Å². The number of hydrogen-bond acceptors (Lipinski definition) is 10. The Hall–Kier alpha value is -7.28. The van der Waals surface area contributed by atoms with Crippen LogP contribution in [-0.2, 0) is 38.4 Å². The van der Waals surface area contributed by atoms with Gasteiger partial charge in [-0.1, -0.05) is 24.3 Å². The molecular weight excluding hydrogens is 821 g/mol. The molecule has 18 nitrogen and oxygen atoms in total. The van der Waals surface area contributed by atoms with Crippen molar-refractivity contribution in [1.82, 2.24) is 52.3 Å². The topological polar surface area (TPSA) is 239 Å². The highest BCUT2D eigenvalue weighted by Gasteiger charge is 2.17. The first-order chi connectivity index (χ1) is 31.1. The molecule has 18 heteroatoms. The van der Waals surface area contributed by atoms with Gasteiger partial charge in [0.05, 0.1) is 22.3 Å². The Morgan fingerprint density at radius 2 is 0.547 bits per heavy atom. The Bertz CT molecular complexity index is 1870. The summed E-state index contributed by atoms with van der Waals surface area (Å²) >= 11 is 0. The zero-order chi connectivity index (χ0) is 45.8. The summed E-state index contributed by atoms with van der Waals surface area (Å²) in [6.07, 6.45) is 20.4. The molecule has 0 heterocycles. The molecule has 64 heavy (non-hydrogen) atoms. The number of allylic oxidation sites excluding steroid dienone is 4. The van der Waals surface area contributed by atoms with E-state index in [9.17, 15) is 38.4 Å². The van der Waals surface area contributed by atoms with E-state index in [-0.39, 0.29) is 151 Å². The predicted octanol–water partition coefficient (Wildman–Crippen LogP) is -1.31. The molecule has 4 aliphatic rings. The van der Waals surface area contributed by atoms with Crippen molar-refractivity contribution in [3.05, 3.63) is 118 Å². The summed E-state index contributed by atoms with van der Waals surface area (Å²) in [6.45, 7) is 3.67. The van der Waals surface area contributed by atoms with E-state index in [1.54, 1.807) is 72.9 Å². The van der Waals surface area contributed by atoms with Crippen LogP contribution in [0.5, 0.6) is 0 Å². The standard InChI is InChI=1S/C46H56N10O8/c57-39(47-21-25-51-43(61)35-9-1-2-10-35)17-29-55(30-18-40(58)48-22-26-52-44(62)36-11-3-4-12-36)33-34-56(31-19-41(59)49-23-27-53-45(63)37-13-5-6-14-37)32-20-42(60)50-24-28-54-46(64)38-15-7-8-16-38/h1-9,11,13,15H,17-34H2,(H,47,57)(H,48,58)(H,49,59)(H,50,60)(H,51,61)(H,52,62)(H,53,63)(H,54,64). The van der Waals surface area contributed by atoms with Gasteiger partial charge in [-0.3, -0.25) is 38.4 Å². The normalized spacial score (nSPS) is 13.5. The van der Waals surface area contributed by atoms with Gasteiger partial charge < -0.3 is 52.3 Å². The van der Waals surface area contributed by atoms with E-state index in [2.05, 4.69) is 65.5 Å². The smallest absolute Gasteiger partial charge is 0.259 e. The fourth-order valence-corrected chi connectivity index (χ4v) is 6.12. The van der Waals surface area contributed by atoms with Crippen LogP contribution in [0.3, 0.4) is 0 Å². The van der Waals surface area contributed by atoms with Gasteiger partial charge in [0.2, 0.25) is 23.6 Å². The molecule has 8 N–H and O–H groups in total. The van der Waals surface area contributed by atoms with Gasteiger partial charge in [0.25, 0.3) is 23.6 Å². The fraction of sp³-hybridized carbons (Fsp3) is 0.391.